The van der Waals surface area contributed by atoms with Gasteiger partial charge in [-0.3, -0.25) is 19.5 Å². The fourth-order valence-electron chi connectivity index (χ4n) is 4.96. The zero-order valence-electron chi connectivity index (χ0n) is 19.1. The summed E-state index contributed by atoms with van der Waals surface area (Å²) in [5.74, 6) is -0.399. The number of nitrogens with zero attached hydrogens (tertiary/aromatic N) is 2. The number of aromatic nitrogens is 1. The highest BCUT2D eigenvalue weighted by atomic mass is 35.5. The van der Waals surface area contributed by atoms with Crippen molar-refractivity contribution < 1.29 is 19.4 Å². The minimum absolute atomic E-state index is 0.129. The topological polar surface area (TPSA) is 79.7 Å². The van der Waals surface area contributed by atoms with E-state index >= 15 is 0 Å². The molecule has 1 N–H and O–H groups in total. The van der Waals surface area contributed by atoms with E-state index in [1.54, 1.807) is 47.4 Å². The van der Waals surface area contributed by atoms with E-state index in [4.69, 9.17) is 27.9 Å². The fourth-order valence-corrected chi connectivity index (χ4v) is 5.20. The molecule has 1 fully saturated rings. The summed E-state index contributed by atoms with van der Waals surface area (Å²) in [6, 6.07) is 15.8. The number of rotatable bonds is 6. The van der Waals surface area contributed by atoms with Gasteiger partial charge in [0.15, 0.2) is 11.5 Å². The molecule has 2 aliphatic rings. The standard InChI is InChI=1S/C27H24Cl2N2O4/c1-16(32)17-2-11-25-24(12-17)26(34)31(15-21-8-7-20(29)14-30-21)27(25,18-3-5-19(28)6-4-18)35-23-10-9-22(33)13-23/h2-8,11-12,14,22-23,33H,9-10,13,15H2,1H3. The Bertz CT molecular complexity index is 1280. The van der Waals surface area contributed by atoms with Crippen molar-refractivity contribution in [2.45, 2.75) is 50.7 Å². The summed E-state index contributed by atoms with van der Waals surface area (Å²) in [5, 5.41) is 11.3. The molecular weight excluding hydrogens is 487 g/mol. The van der Waals surface area contributed by atoms with Crippen molar-refractivity contribution in [2.24, 2.45) is 0 Å². The molecule has 1 aliphatic carbocycles. The van der Waals surface area contributed by atoms with E-state index in [1.165, 1.54) is 13.1 Å². The number of hydrogen-bond acceptors (Lipinski definition) is 5. The predicted molar refractivity (Wildman–Crippen MR) is 133 cm³/mol. The highest BCUT2D eigenvalue weighted by Gasteiger charge is 2.54. The number of amides is 1. The highest BCUT2D eigenvalue weighted by molar-refractivity contribution is 6.30. The molecule has 8 heteroatoms. The summed E-state index contributed by atoms with van der Waals surface area (Å²) in [4.78, 5) is 32.1. The van der Waals surface area contributed by atoms with Gasteiger partial charge >= 0.3 is 0 Å². The molecule has 35 heavy (non-hydrogen) atoms. The summed E-state index contributed by atoms with van der Waals surface area (Å²) in [7, 11) is 0. The molecule has 0 radical (unpaired) electrons. The number of aliphatic hydroxyl groups excluding tert-OH is 1. The van der Waals surface area contributed by atoms with Gasteiger partial charge in [0.2, 0.25) is 0 Å². The van der Waals surface area contributed by atoms with Gasteiger partial charge in [-0.25, -0.2) is 0 Å². The quantitative estimate of drug-likeness (QED) is 0.450. The summed E-state index contributed by atoms with van der Waals surface area (Å²) in [6.45, 7) is 1.62. The predicted octanol–water partition coefficient (Wildman–Crippen LogP) is 5.38. The lowest BCUT2D eigenvalue weighted by atomic mass is 9.91. The number of hydrogen-bond donors (Lipinski definition) is 1. The fraction of sp³-hybridized carbons (Fsp3) is 0.296. The summed E-state index contributed by atoms with van der Waals surface area (Å²) < 4.78 is 6.83. The molecule has 0 spiro atoms. The first-order valence-electron chi connectivity index (χ1n) is 11.5. The lowest BCUT2D eigenvalue weighted by Gasteiger charge is -2.41. The van der Waals surface area contributed by atoms with Gasteiger partial charge in [-0.15, -0.1) is 0 Å². The number of benzene rings is 2. The normalized spacial score (nSPS) is 23.5. The van der Waals surface area contributed by atoms with Crippen LogP contribution in [-0.2, 0) is 17.0 Å². The molecule has 1 amide bonds. The van der Waals surface area contributed by atoms with Crippen molar-refractivity contribution in [2.75, 3.05) is 0 Å². The largest absolute Gasteiger partial charge is 0.393 e. The zero-order chi connectivity index (χ0) is 24.7. The Balaban J connectivity index is 1.71. The Hall–Kier alpha value is -2.77. The molecule has 0 saturated heterocycles. The van der Waals surface area contributed by atoms with Crippen molar-refractivity contribution in [3.8, 4) is 0 Å². The van der Waals surface area contributed by atoms with Crippen molar-refractivity contribution in [3.05, 3.63) is 98.8 Å². The maximum absolute atomic E-state index is 13.9. The second kappa shape index (κ2) is 9.36. The van der Waals surface area contributed by atoms with Gasteiger partial charge in [0.1, 0.15) is 0 Å². The van der Waals surface area contributed by atoms with Crippen LogP contribution in [0.25, 0.3) is 0 Å². The van der Waals surface area contributed by atoms with Crippen LogP contribution >= 0.6 is 23.2 Å². The molecular formula is C27H24Cl2N2O4. The van der Waals surface area contributed by atoms with E-state index in [0.29, 0.717) is 51.7 Å². The lowest BCUT2D eigenvalue weighted by molar-refractivity contribution is -0.147. The van der Waals surface area contributed by atoms with Gasteiger partial charge in [-0.2, -0.15) is 0 Å². The summed E-state index contributed by atoms with van der Waals surface area (Å²) in [5.41, 5.74) is 1.56. The molecule has 3 atom stereocenters. The van der Waals surface area contributed by atoms with Crippen LogP contribution in [0.15, 0.2) is 60.8 Å². The maximum Gasteiger partial charge on any atom is 0.257 e. The second-order valence-electron chi connectivity index (χ2n) is 9.03. The molecule has 6 nitrogen and oxygen atoms in total. The minimum Gasteiger partial charge on any atom is -0.393 e. The van der Waals surface area contributed by atoms with Crippen LogP contribution in [0.5, 0.6) is 0 Å². The van der Waals surface area contributed by atoms with E-state index in [9.17, 15) is 14.7 Å². The SMILES string of the molecule is CC(=O)c1ccc2c(c1)C(=O)N(Cc1ccc(Cl)cn1)C2(OC1CCC(O)C1)c1ccc(Cl)cc1. The number of ketones is 1. The third kappa shape index (κ3) is 4.36. The van der Waals surface area contributed by atoms with E-state index in [-0.39, 0.29) is 24.3 Å². The van der Waals surface area contributed by atoms with Gasteiger partial charge in [-0.1, -0.05) is 47.5 Å². The number of ether oxygens (including phenoxy) is 1. The monoisotopic (exact) mass is 510 g/mol. The Labute approximate surface area is 213 Å². The Kier molecular flexibility index (Phi) is 6.40. The Morgan fingerprint density at radius 2 is 1.86 bits per heavy atom. The van der Waals surface area contributed by atoms with Crippen molar-refractivity contribution >= 4 is 34.9 Å². The van der Waals surface area contributed by atoms with E-state index in [1.807, 2.05) is 12.1 Å². The first kappa shape index (κ1) is 23.9. The first-order chi connectivity index (χ1) is 16.8. The second-order valence-corrected chi connectivity index (χ2v) is 9.91. The van der Waals surface area contributed by atoms with Crippen LogP contribution in [0.3, 0.4) is 0 Å². The first-order valence-corrected chi connectivity index (χ1v) is 12.2. The molecule has 1 aromatic heterocycles. The summed E-state index contributed by atoms with van der Waals surface area (Å²) >= 11 is 12.2. The molecule has 0 bridgehead atoms. The number of carbonyl (C=O) groups is 2. The number of carbonyl (C=O) groups excluding carboxylic acids is 2. The minimum atomic E-state index is -1.29. The van der Waals surface area contributed by atoms with Gasteiger partial charge in [0.05, 0.1) is 29.5 Å². The number of halogens is 2. The van der Waals surface area contributed by atoms with E-state index in [2.05, 4.69) is 4.98 Å². The van der Waals surface area contributed by atoms with Crippen LogP contribution in [-0.4, -0.2) is 38.9 Å². The molecule has 3 unspecified atom stereocenters. The number of fused-ring (bicyclic) bond motifs is 1. The zero-order valence-corrected chi connectivity index (χ0v) is 20.6. The molecule has 3 aromatic rings. The van der Waals surface area contributed by atoms with Crippen LogP contribution in [0.4, 0.5) is 0 Å². The lowest BCUT2D eigenvalue weighted by Crippen LogP contribution is -2.48. The number of aliphatic hydroxyl groups is 1. The van der Waals surface area contributed by atoms with Crippen molar-refractivity contribution in [3.63, 3.8) is 0 Å². The number of pyridine rings is 1. The van der Waals surface area contributed by atoms with Gasteiger partial charge < -0.3 is 9.84 Å². The molecule has 1 aliphatic heterocycles. The average Bonchev–Trinajstić information content (AvgIpc) is 3.35. The van der Waals surface area contributed by atoms with Crippen molar-refractivity contribution in [1.82, 2.24) is 9.88 Å². The van der Waals surface area contributed by atoms with Crippen LogP contribution in [0, 0.1) is 0 Å². The number of Topliss-reactive ketones (excluding diaryl/α,β-unsaturated/α-hetero) is 1. The Morgan fingerprint density at radius 1 is 1.11 bits per heavy atom. The Morgan fingerprint density at radius 3 is 2.49 bits per heavy atom. The third-order valence-electron chi connectivity index (χ3n) is 6.69. The van der Waals surface area contributed by atoms with Crippen LogP contribution in [0.2, 0.25) is 10.0 Å². The smallest absolute Gasteiger partial charge is 0.257 e. The van der Waals surface area contributed by atoms with E-state index < -0.39 is 11.8 Å². The van der Waals surface area contributed by atoms with Gasteiger partial charge in [0, 0.05) is 33.5 Å². The van der Waals surface area contributed by atoms with E-state index in [0.717, 1.165) is 5.56 Å². The van der Waals surface area contributed by atoms with Gasteiger partial charge in [0.25, 0.3) is 5.91 Å². The molecule has 5 rings (SSSR count). The third-order valence-corrected chi connectivity index (χ3v) is 7.16. The van der Waals surface area contributed by atoms with Crippen LogP contribution in [0.1, 0.15) is 63.7 Å². The molecule has 2 heterocycles. The molecule has 180 valence electrons. The average molecular weight is 511 g/mol. The van der Waals surface area contributed by atoms with Gasteiger partial charge in [-0.05, 0) is 56.5 Å². The summed E-state index contributed by atoms with van der Waals surface area (Å²) in [6.07, 6.45) is 2.58. The molecule has 1 saturated carbocycles. The van der Waals surface area contributed by atoms with Crippen molar-refractivity contribution in [1.29, 1.82) is 0 Å². The van der Waals surface area contributed by atoms with Crippen LogP contribution < -0.4 is 0 Å². The maximum atomic E-state index is 13.9. The highest BCUT2D eigenvalue weighted by Crippen LogP contribution is 2.48. The molecule has 2 aromatic carbocycles.